The van der Waals surface area contributed by atoms with Crippen LogP contribution in [0.4, 0.5) is 5.82 Å². The summed E-state index contributed by atoms with van der Waals surface area (Å²) in [5.74, 6) is 0.897. The van der Waals surface area contributed by atoms with E-state index in [1.807, 2.05) is 13.0 Å². The Labute approximate surface area is 97.7 Å². The molecule has 4 nitrogen and oxygen atoms in total. The van der Waals surface area contributed by atoms with Crippen molar-refractivity contribution in [3.05, 3.63) is 18.1 Å². The van der Waals surface area contributed by atoms with Crippen LogP contribution in [0.25, 0.3) is 0 Å². The van der Waals surface area contributed by atoms with Crippen LogP contribution in [0.3, 0.4) is 0 Å². The molecule has 1 aromatic heterocycles. The first-order valence-electron chi connectivity index (χ1n) is 5.76. The monoisotopic (exact) mass is 222 g/mol. The predicted molar refractivity (Wildman–Crippen MR) is 67.3 cm³/mol. The maximum absolute atomic E-state index is 5.52. The Hall–Kier alpha value is -1.16. The molecule has 0 aromatic carbocycles. The molecule has 0 aliphatic heterocycles. The molecule has 0 aliphatic rings. The zero-order chi connectivity index (χ0) is 12.0. The molecule has 16 heavy (non-hydrogen) atoms. The highest BCUT2D eigenvalue weighted by atomic mass is 15.0. The third-order valence-electron chi connectivity index (χ3n) is 2.61. The van der Waals surface area contributed by atoms with Crippen molar-refractivity contribution in [1.29, 1.82) is 0 Å². The van der Waals surface area contributed by atoms with Gasteiger partial charge in [-0.05, 0) is 31.7 Å². The fourth-order valence-corrected chi connectivity index (χ4v) is 1.55. The fraction of sp³-hybridized carbons (Fsp3) is 0.667. The van der Waals surface area contributed by atoms with Gasteiger partial charge in [-0.3, -0.25) is 0 Å². The Kier molecular flexibility index (Phi) is 4.68. The van der Waals surface area contributed by atoms with Crippen molar-refractivity contribution in [1.82, 2.24) is 9.97 Å². The largest absolute Gasteiger partial charge is 0.369 e. The van der Waals surface area contributed by atoms with E-state index in [1.165, 1.54) is 0 Å². The van der Waals surface area contributed by atoms with Gasteiger partial charge in [0, 0.05) is 18.3 Å². The van der Waals surface area contributed by atoms with E-state index < -0.39 is 0 Å². The van der Waals surface area contributed by atoms with E-state index in [0.717, 1.165) is 37.4 Å². The smallest absolute Gasteiger partial charge is 0.129 e. The van der Waals surface area contributed by atoms with Gasteiger partial charge >= 0.3 is 0 Å². The summed E-state index contributed by atoms with van der Waals surface area (Å²) in [5.41, 5.74) is 6.75. The molecule has 1 heterocycles. The Bertz CT molecular complexity index is 323. The first-order valence-corrected chi connectivity index (χ1v) is 5.76. The van der Waals surface area contributed by atoms with Crippen molar-refractivity contribution in [2.75, 3.05) is 18.4 Å². The second-order valence-corrected chi connectivity index (χ2v) is 4.95. The molecule has 0 unspecified atom stereocenters. The lowest BCUT2D eigenvalue weighted by Crippen LogP contribution is -2.24. The Morgan fingerprint density at radius 2 is 2.12 bits per heavy atom. The number of anilines is 1. The zero-order valence-corrected chi connectivity index (χ0v) is 10.5. The summed E-state index contributed by atoms with van der Waals surface area (Å²) in [6.45, 7) is 8.11. The summed E-state index contributed by atoms with van der Waals surface area (Å²) in [6.07, 6.45) is 3.78. The van der Waals surface area contributed by atoms with Crippen molar-refractivity contribution in [3.8, 4) is 0 Å². The Balaban J connectivity index is 2.44. The summed E-state index contributed by atoms with van der Waals surface area (Å²) in [7, 11) is 0. The first kappa shape index (κ1) is 12.9. The highest BCUT2D eigenvalue weighted by Gasteiger charge is 2.16. The molecule has 0 saturated carbocycles. The molecular weight excluding hydrogens is 200 g/mol. The quantitative estimate of drug-likeness (QED) is 0.772. The second kappa shape index (κ2) is 5.80. The maximum atomic E-state index is 5.52. The fourth-order valence-electron chi connectivity index (χ4n) is 1.55. The summed E-state index contributed by atoms with van der Waals surface area (Å²) in [6, 6.07) is 1.96. The van der Waals surface area contributed by atoms with Gasteiger partial charge in [0.2, 0.25) is 0 Å². The van der Waals surface area contributed by atoms with E-state index in [0.29, 0.717) is 0 Å². The summed E-state index contributed by atoms with van der Waals surface area (Å²) >= 11 is 0. The Morgan fingerprint density at radius 3 is 2.75 bits per heavy atom. The van der Waals surface area contributed by atoms with Crippen molar-refractivity contribution < 1.29 is 0 Å². The lowest BCUT2D eigenvalue weighted by atomic mass is 9.88. The average molecular weight is 222 g/mol. The number of hydrogen-bond donors (Lipinski definition) is 2. The minimum absolute atomic E-state index is 0.248. The second-order valence-electron chi connectivity index (χ2n) is 4.95. The number of aromatic nitrogens is 2. The third-order valence-corrected chi connectivity index (χ3v) is 2.61. The van der Waals surface area contributed by atoms with Crippen LogP contribution in [0.2, 0.25) is 0 Å². The lowest BCUT2D eigenvalue weighted by Gasteiger charge is -2.25. The Morgan fingerprint density at radius 1 is 1.38 bits per heavy atom. The molecule has 1 aromatic rings. The van der Waals surface area contributed by atoms with E-state index in [9.17, 15) is 0 Å². The van der Waals surface area contributed by atoms with Crippen molar-refractivity contribution in [2.24, 2.45) is 11.1 Å². The lowest BCUT2D eigenvalue weighted by molar-refractivity contribution is 0.350. The van der Waals surface area contributed by atoms with Crippen molar-refractivity contribution in [3.63, 3.8) is 0 Å². The van der Waals surface area contributed by atoms with Crippen LogP contribution in [0.1, 0.15) is 32.4 Å². The molecular formula is C12H22N4. The van der Waals surface area contributed by atoms with Gasteiger partial charge in [-0.2, -0.15) is 0 Å². The normalized spacial score (nSPS) is 11.5. The molecule has 0 radical (unpaired) electrons. The zero-order valence-electron chi connectivity index (χ0n) is 10.5. The number of nitrogens with two attached hydrogens (primary N) is 1. The predicted octanol–water partition coefficient (Wildman–Crippen LogP) is 1.96. The SMILES string of the molecule is Cc1cc(NCC(C)(C)CCCN)ncn1. The van der Waals surface area contributed by atoms with Crippen LogP contribution in [-0.4, -0.2) is 23.1 Å². The number of hydrogen-bond acceptors (Lipinski definition) is 4. The van der Waals surface area contributed by atoms with E-state index in [-0.39, 0.29) is 5.41 Å². The number of nitrogens with one attached hydrogen (secondary N) is 1. The summed E-state index contributed by atoms with van der Waals surface area (Å²) in [5, 5.41) is 3.34. The topological polar surface area (TPSA) is 63.8 Å². The highest BCUT2D eigenvalue weighted by molar-refractivity contribution is 5.34. The van der Waals surface area contributed by atoms with Gasteiger partial charge in [0.25, 0.3) is 0 Å². The van der Waals surface area contributed by atoms with Crippen LogP contribution in [0.5, 0.6) is 0 Å². The average Bonchev–Trinajstić information content (AvgIpc) is 2.24. The standard InChI is InChI=1S/C12H22N4/c1-10-7-11(16-9-15-10)14-8-12(2,3)5-4-6-13/h7,9H,4-6,8,13H2,1-3H3,(H,14,15,16). The molecule has 3 N–H and O–H groups in total. The third kappa shape index (κ3) is 4.57. The highest BCUT2D eigenvalue weighted by Crippen LogP contribution is 2.22. The van der Waals surface area contributed by atoms with Crippen LogP contribution in [-0.2, 0) is 0 Å². The summed E-state index contributed by atoms with van der Waals surface area (Å²) in [4.78, 5) is 8.24. The summed E-state index contributed by atoms with van der Waals surface area (Å²) < 4.78 is 0. The van der Waals surface area contributed by atoms with Gasteiger partial charge in [0.15, 0.2) is 0 Å². The van der Waals surface area contributed by atoms with Crippen molar-refractivity contribution >= 4 is 5.82 Å². The molecule has 0 aliphatic carbocycles. The van der Waals surface area contributed by atoms with Gasteiger partial charge < -0.3 is 11.1 Å². The maximum Gasteiger partial charge on any atom is 0.129 e. The van der Waals surface area contributed by atoms with Crippen LogP contribution in [0, 0.1) is 12.3 Å². The molecule has 90 valence electrons. The van der Waals surface area contributed by atoms with E-state index in [4.69, 9.17) is 5.73 Å². The first-order chi connectivity index (χ1) is 7.53. The van der Waals surface area contributed by atoms with Gasteiger partial charge in [-0.1, -0.05) is 13.8 Å². The van der Waals surface area contributed by atoms with Gasteiger partial charge in [0.05, 0.1) is 0 Å². The minimum Gasteiger partial charge on any atom is -0.369 e. The molecule has 1 rings (SSSR count). The molecule has 0 atom stereocenters. The van der Waals surface area contributed by atoms with Crippen LogP contribution < -0.4 is 11.1 Å². The van der Waals surface area contributed by atoms with E-state index >= 15 is 0 Å². The molecule has 0 bridgehead atoms. The number of nitrogens with zero attached hydrogens (tertiary/aromatic N) is 2. The molecule has 0 amide bonds. The van der Waals surface area contributed by atoms with Gasteiger partial charge in [-0.15, -0.1) is 0 Å². The van der Waals surface area contributed by atoms with E-state index in [1.54, 1.807) is 6.33 Å². The molecule has 0 spiro atoms. The van der Waals surface area contributed by atoms with Gasteiger partial charge in [0.1, 0.15) is 12.1 Å². The van der Waals surface area contributed by atoms with Gasteiger partial charge in [-0.25, -0.2) is 9.97 Å². The number of aryl methyl sites for hydroxylation is 1. The van der Waals surface area contributed by atoms with E-state index in [2.05, 4.69) is 29.1 Å². The molecule has 4 heteroatoms. The molecule has 0 saturated heterocycles. The molecule has 0 fully saturated rings. The van der Waals surface area contributed by atoms with Crippen molar-refractivity contribution in [2.45, 2.75) is 33.6 Å². The number of rotatable bonds is 6. The van der Waals surface area contributed by atoms with Crippen LogP contribution >= 0.6 is 0 Å². The minimum atomic E-state index is 0.248. The van der Waals surface area contributed by atoms with Crippen LogP contribution in [0.15, 0.2) is 12.4 Å².